The minimum absolute atomic E-state index is 0.197. The highest BCUT2D eigenvalue weighted by Gasteiger charge is 2.14. The van der Waals surface area contributed by atoms with Gasteiger partial charge in [-0.05, 0) is 30.5 Å². The van der Waals surface area contributed by atoms with E-state index < -0.39 is 6.10 Å². The normalized spacial score (nSPS) is 12.3. The SMILES string of the molecule is CC(O)CNC(=O)c1sccc1Nc1ccnc2[nH]ccc12. The fourth-order valence-electron chi connectivity index (χ4n) is 2.12. The molecule has 0 aliphatic rings. The van der Waals surface area contributed by atoms with E-state index >= 15 is 0 Å². The number of aromatic nitrogens is 2. The van der Waals surface area contributed by atoms with Crippen LogP contribution in [0.3, 0.4) is 0 Å². The van der Waals surface area contributed by atoms with Crippen LogP contribution in [0.5, 0.6) is 0 Å². The van der Waals surface area contributed by atoms with Gasteiger partial charge in [-0.1, -0.05) is 0 Å². The Kier molecular flexibility index (Phi) is 4.08. The number of aliphatic hydroxyl groups is 1. The Bertz CT molecular complexity index is 794. The van der Waals surface area contributed by atoms with E-state index in [0.29, 0.717) is 4.88 Å². The maximum absolute atomic E-state index is 12.2. The molecular weight excluding hydrogens is 300 g/mol. The molecule has 22 heavy (non-hydrogen) atoms. The predicted molar refractivity (Wildman–Crippen MR) is 87.7 cm³/mol. The number of amides is 1. The summed E-state index contributed by atoms with van der Waals surface area (Å²) < 4.78 is 0. The standard InChI is InChI=1S/C15H16N4O2S/c1-9(20)8-18-15(21)13-12(4-7-22-13)19-11-3-6-17-14-10(11)2-5-16-14/h2-7,9,20H,8H2,1H3,(H,18,21)(H2,16,17,19). The molecule has 3 aromatic heterocycles. The van der Waals surface area contributed by atoms with E-state index in [2.05, 4.69) is 20.6 Å². The van der Waals surface area contributed by atoms with Crippen LogP contribution in [0.25, 0.3) is 11.0 Å². The number of hydrogen-bond donors (Lipinski definition) is 4. The van der Waals surface area contributed by atoms with Crippen LogP contribution in [0.1, 0.15) is 16.6 Å². The van der Waals surface area contributed by atoms with Crippen molar-refractivity contribution in [2.75, 3.05) is 11.9 Å². The van der Waals surface area contributed by atoms with Crippen LogP contribution >= 0.6 is 11.3 Å². The summed E-state index contributed by atoms with van der Waals surface area (Å²) in [5, 5.41) is 18.1. The molecule has 0 fully saturated rings. The molecule has 0 aliphatic heterocycles. The summed E-state index contributed by atoms with van der Waals surface area (Å²) in [6.07, 6.45) is 2.97. The quantitative estimate of drug-likeness (QED) is 0.582. The maximum atomic E-state index is 12.2. The molecule has 0 saturated heterocycles. The molecule has 3 rings (SSSR count). The second kappa shape index (κ2) is 6.17. The molecular formula is C15H16N4O2S. The van der Waals surface area contributed by atoms with Crippen molar-refractivity contribution in [1.82, 2.24) is 15.3 Å². The molecule has 3 aromatic rings. The van der Waals surface area contributed by atoms with Crippen LogP contribution < -0.4 is 10.6 Å². The molecule has 7 heteroatoms. The molecule has 6 nitrogen and oxygen atoms in total. The van der Waals surface area contributed by atoms with Gasteiger partial charge in [0.1, 0.15) is 10.5 Å². The number of nitrogens with zero attached hydrogens (tertiary/aromatic N) is 1. The summed E-state index contributed by atoms with van der Waals surface area (Å²) in [5.41, 5.74) is 2.41. The van der Waals surface area contributed by atoms with Gasteiger partial charge in [-0.2, -0.15) is 0 Å². The number of carbonyl (C=O) groups is 1. The Morgan fingerprint density at radius 3 is 3.09 bits per heavy atom. The summed E-state index contributed by atoms with van der Waals surface area (Å²) in [6, 6.07) is 5.66. The lowest BCUT2D eigenvalue weighted by atomic mass is 10.2. The Morgan fingerprint density at radius 2 is 2.27 bits per heavy atom. The van der Waals surface area contributed by atoms with Crippen molar-refractivity contribution < 1.29 is 9.90 Å². The van der Waals surface area contributed by atoms with Crippen LogP contribution in [0.2, 0.25) is 0 Å². The first-order chi connectivity index (χ1) is 10.6. The number of rotatable bonds is 5. The first kappa shape index (κ1) is 14.6. The Labute approximate surface area is 131 Å². The van der Waals surface area contributed by atoms with Crippen molar-refractivity contribution in [3.05, 3.63) is 40.8 Å². The van der Waals surface area contributed by atoms with E-state index in [1.165, 1.54) is 11.3 Å². The fraction of sp³-hybridized carbons (Fsp3) is 0.200. The van der Waals surface area contributed by atoms with Crippen molar-refractivity contribution in [3.8, 4) is 0 Å². The number of nitrogens with one attached hydrogen (secondary N) is 3. The van der Waals surface area contributed by atoms with Crippen molar-refractivity contribution >= 4 is 39.7 Å². The Morgan fingerprint density at radius 1 is 1.41 bits per heavy atom. The highest BCUT2D eigenvalue weighted by molar-refractivity contribution is 7.12. The molecule has 3 heterocycles. The van der Waals surface area contributed by atoms with Crippen molar-refractivity contribution in [1.29, 1.82) is 0 Å². The van der Waals surface area contributed by atoms with E-state index in [0.717, 1.165) is 22.4 Å². The molecule has 0 saturated carbocycles. The van der Waals surface area contributed by atoms with Crippen LogP contribution in [-0.2, 0) is 0 Å². The lowest BCUT2D eigenvalue weighted by molar-refractivity contribution is 0.0929. The van der Waals surface area contributed by atoms with E-state index in [-0.39, 0.29) is 12.5 Å². The van der Waals surface area contributed by atoms with Gasteiger partial charge in [0.25, 0.3) is 5.91 Å². The third-order valence-corrected chi connectivity index (χ3v) is 4.07. The number of carbonyl (C=O) groups excluding carboxylic acids is 1. The zero-order valence-electron chi connectivity index (χ0n) is 12.0. The number of pyridine rings is 1. The minimum Gasteiger partial charge on any atom is -0.392 e. The highest BCUT2D eigenvalue weighted by atomic mass is 32.1. The third kappa shape index (κ3) is 2.95. The number of H-pyrrole nitrogens is 1. The van der Waals surface area contributed by atoms with Crippen LogP contribution in [0, 0.1) is 0 Å². The number of anilines is 2. The molecule has 1 amide bonds. The number of fused-ring (bicyclic) bond motifs is 1. The molecule has 0 spiro atoms. The molecule has 1 atom stereocenters. The molecule has 0 radical (unpaired) electrons. The zero-order valence-corrected chi connectivity index (χ0v) is 12.8. The van der Waals surface area contributed by atoms with Crippen molar-refractivity contribution in [3.63, 3.8) is 0 Å². The molecule has 1 unspecified atom stereocenters. The average molecular weight is 316 g/mol. The lowest BCUT2D eigenvalue weighted by Gasteiger charge is -2.10. The van der Waals surface area contributed by atoms with Crippen molar-refractivity contribution in [2.24, 2.45) is 0 Å². The lowest BCUT2D eigenvalue weighted by Crippen LogP contribution is -2.30. The molecule has 0 bridgehead atoms. The third-order valence-electron chi connectivity index (χ3n) is 3.16. The van der Waals surface area contributed by atoms with Gasteiger partial charge in [0.2, 0.25) is 0 Å². The Hall–Kier alpha value is -2.38. The second-order valence-corrected chi connectivity index (χ2v) is 5.86. The first-order valence-electron chi connectivity index (χ1n) is 6.88. The molecule has 114 valence electrons. The summed E-state index contributed by atoms with van der Waals surface area (Å²) in [7, 11) is 0. The molecule has 0 aliphatic carbocycles. The predicted octanol–water partition coefficient (Wildman–Crippen LogP) is 2.48. The summed E-state index contributed by atoms with van der Waals surface area (Å²) in [6.45, 7) is 1.86. The van der Waals surface area contributed by atoms with Gasteiger partial charge >= 0.3 is 0 Å². The fourth-order valence-corrected chi connectivity index (χ4v) is 2.88. The maximum Gasteiger partial charge on any atom is 0.263 e. The van der Waals surface area contributed by atoms with Gasteiger partial charge in [-0.3, -0.25) is 4.79 Å². The van der Waals surface area contributed by atoms with Crippen LogP contribution in [0.15, 0.2) is 36.0 Å². The summed E-state index contributed by atoms with van der Waals surface area (Å²) >= 11 is 1.36. The second-order valence-electron chi connectivity index (χ2n) is 4.95. The first-order valence-corrected chi connectivity index (χ1v) is 7.76. The average Bonchev–Trinajstić information content (AvgIpc) is 3.14. The van der Waals surface area contributed by atoms with Gasteiger partial charge in [0.15, 0.2) is 0 Å². The smallest absolute Gasteiger partial charge is 0.263 e. The highest BCUT2D eigenvalue weighted by Crippen LogP contribution is 2.29. The number of aromatic amines is 1. The van der Waals surface area contributed by atoms with E-state index in [1.807, 2.05) is 29.8 Å². The van der Waals surface area contributed by atoms with Crippen molar-refractivity contribution in [2.45, 2.75) is 13.0 Å². The summed E-state index contributed by atoms with van der Waals surface area (Å²) in [4.78, 5) is 20.0. The monoisotopic (exact) mass is 316 g/mol. The molecule has 0 aromatic carbocycles. The van der Waals surface area contributed by atoms with Crippen LogP contribution in [-0.4, -0.2) is 33.6 Å². The largest absolute Gasteiger partial charge is 0.392 e. The minimum atomic E-state index is -0.569. The van der Waals surface area contributed by atoms with Gasteiger partial charge in [0.05, 0.1) is 17.5 Å². The van der Waals surface area contributed by atoms with Gasteiger partial charge in [-0.15, -0.1) is 11.3 Å². The number of hydrogen-bond acceptors (Lipinski definition) is 5. The van der Waals surface area contributed by atoms with E-state index in [1.54, 1.807) is 13.1 Å². The van der Waals surface area contributed by atoms with Gasteiger partial charge in [0, 0.05) is 24.3 Å². The number of aliphatic hydroxyl groups excluding tert-OH is 1. The van der Waals surface area contributed by atoms with E-state index in [9.17, 15) is 9.90 Å². The molecule has 4 N–H and O–H groups in total. The number of thiophene rings is 1. The van der Waals surface area contributed by atoms with Gasteiger partial charge in [-0.25, -0.2) is 4.98 Å². The summed E-state index contributed by atoms with van der Waals surface area (Å²) in [5.74, 6) is -0.197. The van der Waals surface area contributed by atoms with E-state index in [4.69, 9.17) is 0 Å². The van der Waals surface area contributed by atoms with Gasteiger partial charge < -0.3 is 20.7 Å². The Balaban J connectivity index is 1.83. The topological polar surface area (TPSA) is 90.0 Å². The van der Waals surface area contributed by atoms with Crippen LogP contribution in [0.4, 0.5) is 11.4 Å². The zero-order chi connectivity index (χ0) is 15.5.